The van der Waals surface area contributed by atoms with E-state index in [1.165, 1.54) is 0 Å². The van der Waals surface area contributed by atoms with Crippen LogP contribution < -0.4 is 0 Å². The molecule has 100 valence electrons. The van der Waals surface area contributed by atoms with Gasteiger partial charge in [0, 0.05) is 0 Å². The Morgan fingerprint density at radius 3 is 1.94 bits per heavy atom. The third-order valence-electron chi connectivity index (χ3n) is 3.34. The lowest BCUT2D eigenvalue weighted by molar-refractivity contribution is -0.187. The van der Waals surface area contributed by atoms with E-state index in [9.17, 15) is 9.90 Å². The van der Waals surface area contributed by atoms with Gasteiger partial charge in [0.1, 0.15) is 0 Å². The van der Waals surface area contributed by atoms with E-state index in [2.05, 4.69) is 27.7 Å². The molecule has 0 aromatic heterocycles. The fourth-order valence-corrected chi connectivity index (χ4v) is 3.59. The van der Waals surface area contributed by atoms with Crippen molar-refractivity contribution in [2.75, 3.05) is 13.2 Å². The van der Waals surface area contributed by atoms with Crippen molar-refractivity contribution in [3.05, 3.63) is 0 Å². The Bertz CT molecular complexity index is 278. The van der Waals surface area contributed by atoms with Gasteiger partial charge in [-0.1, -0.05) is 27.7 Å². The molecule has 0 amide bonds. The number of aliphatic carboxylic acids is 1. The lowest BCUT2D eigenvalue weighted by Gasteiger charge is -2.49. The third-order valence-corrected chi connectivity index (χ3v) is 3.34. The molecular weight excluding hydrogens is 220 g/mol. The van der Waals surface area contributed by atoms with Crippen LogP contribution in [0.3, 0.4) is 0 Å². The van der Waals surface area contributed by atoms with Crippen LogP contribution in [0.1, 0.15) is 47.0 Å². The Morgan fingerprint density at radius 1 is 1.12 bits per heavy atom. The topological polar surface area (TPSA) is 66.8 Å². The van der Waals surface area contributed by atoms with Gasteiger partial charge in [-0.3, -0.25) is 0 Å². The predicted octanol–water partition coefficient (Wildman–Crippen LogP) is 2.05. The second-order valence-corrected chi connectivity index (χ2v) is 6.73. The fraction of sp³-hybridized carbons (Fsp3) is 0.923. The maximum Gasteiger partial charge on any atom is 0.336 e. The van der Waals surface area contributed by atoms with Crippen LogP contribution in [0, 0.1) is 10.8 Å². The van der Waals surface area contributed by atoms with E-state index in [1.807, 2.05) is 0 Å². The number of carboxylic acid groups (broad SMARTS) is 1. The smallest absolute Gasteiger partial charge is 0.336 e. The number of carbonyl (C=O) groups is 1. The summed E-state index contributed by atoms with van der Waals surface area (Å²) in [5.41, 5.74) is -1.26. The summed E-state index contributed by atoms with van der Waals surface area (Å²) in [6.07, 6.45) is 1.98. The molecule has 0 heterocycles. The Balaban J connectivity index is 2.99. The number of hydrogen-bond acceptors (Lipinski definition) is 3. The molecule has 0 atom stereocenters. The molecule has 4 nitrogen and oxygen atoms in total. The van der Waals surface area contributed by atoms with Crippen molar-refractivity contribution in [2.45, 2.75) is 52.6 Å². The van der Waals surface area contributed by atoms with Gasteiger partial charge in [0.2, 0.25) is 0 Å². The highest BCUT2D eigenvalue weighted by Gasteiger charge is 2.52. The number of aliphatic hydroxyl groups is 1. The summed E-state index contributed by atoms with van der Waals surface area (Å²) in [5, 5.41) is 18.3. The highest BCUT2D eigenvalue weighted by molar-refractivity contribution is 5.78. The molecule has 0 aliphatic heterocycles. The van der Waals surface area contributed by atoms with Crippen LogP contribution >= 0.6 is 0 Å². The van der Waals surface area contributed by atoms with E-state index in [0.29, 0.717) is 12.8 Å². The van der Waals surface area contributed by atoms with Gasteiger partial charge in [0.15, 0.2) is 5.60 Å². The van der Waals surface area contributed by atoms with Gasteiger partial charge in [-0.05, 0) is 30.1 Å². The summed E-state index contributed by atoms with van der Waals surface area (Å²) < 4.78 is 5.50. The van der Waals surface area contributed by atoms with Gasteiger partial charge in [-0.15, -0.1) is 0 Å². The summed E-state index contributed by atoms with van der Waals surface area (Å²) in [5.74, 6) is -0.910. The normalized spacial score (nSPS) is 25.5. The summed E-state index contributed by atoms with van der Waals surface area (Å²) in [6, 6.07) is 0. The first-order chi connectivity index (χ1) is 7.63. The molecule has 1 saturated carbocycles. The van der Waals surface area contributed by atoms with Crippen LogP contribution in [0.5, 0.6) is 0 Å². The molecule has 1 aliphatic carbocycles. The van der Waals surface area contributed by atoms with Crippen LogP contribution in [0.4, 0.5) is 0 Å². The standard InChI is InChI=1S/C13H24O4/c1-11(2)7-12(3,4)9-13(8-11,10(15)16)17-6-5-14/h14H,5-9H2,1-4H3,(H,15,16). The first-order valence-electron chi connectivity index (χ1n) is 6.11. The van der Waals surface area contributed by atoms with Crippen LogP contribution in [-0.2, 0) is 9.53 Å². The molecule has 2 N–H and O–H groups in total. The van der Waals surface area contributed by atoms with Crippen molar-refractivity contribution >= 4 is 5.97 Å². The lowest BCUT2D eigenvalue weighted by atomic mass is 9.59. The van der Waals surface area contributed by atoms with Gasteiger partial charge < -0.3 is 14.9 Å². The lowest BCUT2D eigenvalue weighted by Crippen LogP contribution is -2.53. The molecule has 0 radical (unpaired) electrons. The molecule has 0 aromatic rings. The average Bonchev–Trinajstić information content (AvgIpc) is 2.09. The minimum absolute atomic E-state index is 0.0599. The molecule has 4 heteroatoms. The number of rotatable bonds is 4. The zero-order valence-electron chi connectivity index (χ0n) is 11.2. The van der Waals surface area contributed by atoms with Crippen LogP contribution in [0.25, 0.3) is 0 Å². The maximum absolute atomic E-state index is 11.6. The minimum atomic E-state index is -1.14. The van der Waals surface area contributed by atoms with E-state index in [0.717, 1.165) is 6.42 Å². The fourth-order valence-electron chi connectivity index (χ4n) is 3.59. The largest absolute Gasteiger partial charge is 0.479 e. The summed E-state index contributed by atoms with van der Waals surface area (Å²) in [7, 11) is 0. The first kappa shape index (κ1) is 14.5. The zero-order valence-corrected chi connectivity index (χ0v) is 11.2. The molecule has 0 aromatic carbocycles. The summed E-state index contributed by atoms with van der Waals surface area (Å²) >= 11 is 0. The van der Waals surface area contributed by atoms with Crippen molar-refractivity contribution in [2.24, 2.45) is 10.8 Å². The number of hydrogen-bond donors (Lipinski definition) is 2. The summed E-state index contributed by atoms with van der Waals surface area (Å²) in [4.78, 5) is 11.6. The number of aliphatic hydroxyl groups excluding tert-OH is 1. The van der Waals surface area contributed by atoms with E-state index in [1.54, 1.807) is 0 Å². The van der Waals surface area contributed by atoms with Gasteiger partial charge in [-0.25, -0.2) is 4.79 Å². The molecule has 1 fully saturated rings. The van der Waals surface area contributed by atoms with E-state index in [-0.39, 0.29) is 24.0 Å². The zero-order chi connectivity index (χ0) is 13.3. The molecule has 1 rings (SSSR count). The monoisotopic (exact) mass is 244 g/mol. The van der Waals surface area contributed by atoms with Gasteiger partial charge in [0.25, 0.3) is 0 Å². The summed E-state index contributed by atoms with van der Waals surface area (Å²) in [6.45, 7) is 8.25. The predicted molar refractivity (Wildman–Crippen MR) is 64.8 cm³/mol. The second kappa shape index (κ2) is 4.58. The number of carboxylic acids is 1. The van der Waals surface area contributed by atoms with Crippen molar-refractivity contribution in [1.29, 1.82) is 0 Å². The highest BCUT2D eigenvalue weighted by atomic mass is 16.5. The van der Waals surface area contributed by atoms with E-state index in [4.69, 9.17) is 9.84 Å². The van der Waals surface area contributed by atoms with Crippen molar-refractivity contribution in [1.82, 2.24) is 0 Å². The average molecular weight is 244 g/mol. The Labute approximate surface area is 103 Å². The molecule has 0 bridgehead atoms. The Morgan fingerprint density at radius 2 is 1.59 bits per heavy atom. The van der Waals surface area contributed by atoms with Crippen LogP contribution in [-0.4, -0.2) is 35.0 Å². The van der Waals surface area contributed by atoms with Gasteiger partial charge in [0.05, 0.1) is 13.2 Å². The van der Waals surface area contributed by atoms with Crippen molar-refractivity contribution in [3.63, 3.8) is 0 Å². The minimum Gasteiger partial charge on any atom is -0.479 e. The van der Waals surface area contributed by atoms with E-state index >= 15 is 0 Å². The molecular formula is C13H24O4. The van der Waals surface area contributed by atoms with Crippen LogP contribution in [0.15, 0.2) is 0 Å². The quantitative estimate of drug-likeness (QED) is 0.794. The second-order valence-electron chi connectivity index (χ2n) is 6.73. The molecule has 1 aliphatic rings. The Hall–Kier alpha value is -0.610. The first-order valence-corrected chi connectivity index (χ1v) is 6.11. The number of ether oxygens (including phenoxy) is 1. The van der Waals surface area contributed by atoms with E-state index < -0.39 is 11.6 Å². The SMILES string of the molecule is CC1(C)CC(C)(C)CC(OCCO)(C(=O)O)C1. The highest BCUT2D eigenvalue weighted by Crippen LogP contribution is 2.51. The third kappa shape index (κ3) is 3.42. The van der Waals surface area contributed by atoms with Gasteiger partial charge >= 0.3 is 5.97 Å². The van der Waals surface area contributed by atoms with Crippen molar-refractivity contribution < 1.29 is 19.7 Å². The van der Waals surface area contributed by atoms with Crippen LogP contribution in [0.2, 0.25) is 0 Å². The molecule has 17 heavy (non-hydrogen) atoms. The molecule has 0 saturated heterocycles. The van der Waals surface area contributed by atoms with Crippen molar-refractivity contribution in [3.8, 4) is 0 Å². The Kier molecular flexibility index (Phi) is 3.89. The van der Waals surface area contributed by atoms with Gasteiger partial charge in [-0.2, -0.15) is 0 Å². The maximum atomic E-state index is 11.6. The molecule has 0 spiro atoms. The molecule has 0 unspecified atom stereocenters.